The zero-order chi connectivity index (χ0) is 20.0. The van der Waals surface area contributed by atoms with Gasteiger partial charge >= 0.3 is 6.09 Å². The second-order valence-electron chi connectivity index (χ2n) is 7.30. The van der Waals surface area contributed by atoms with Crippen molar-refractivity contribution in [2.45, 2.75) is 45.4 Å². The number of hydrogen-bond donors (Lipinski definition) is 1. The van der Waals surface area contributed by atoms with Gasteiger partial charge in [0.05, 0.1) is 14.2 Å². The summed E-state index contributed by atoms with van der Waals surface area (Å²) in [7, 11) is 3.17. The van der Waals surface area contributed by atoms with Crippen LogP contribution in [0.4, 0.5) is 4.79 Å². The van der Waals surface area contributed by atoms with Gasteiger partial charge in [0.15, 0.2) is 0 Å². The molecule has 1 atom stereocenters. The lowest BCUT2D eigenvalue weighted by Gasteiger charge is -2.27. The number of nitrogens with zero attached hydrogens (tertiary/aromatic N) is 1. The van der Waals surface area contributed by atoms with Crippen molar-refractivity contribution in [2.75, 3.05) is 20.8 Å². The molecule has 0 unspecified atom stereocenters. The fourth-order valence-corrected chi connectivity index (χ4v) is 2.75. The molecule has 2 amide bonds. The lowest BCUT2D eigenvalue weighted by molar-refractivity contribution is -0.133. The first-order chi connectivity index (χ1) is 12.7. The van der Waals surface area contributed by atoms with E-state index in [2.05, 4.69) is 5.32 Å². The standard InChI is InChI=1S/C20H28N2O5/c1-20(2,3)27-19(24)21-16-8-6-7-11-22(18(16)23)13-14-9-10-15(25-4)12-17(14)26-5/h6-7,9-10,12,16H,8,11,13H2,1-5H3,(H,21,24)/t16-/m1/s1. The van der Waals surface area contributed by atoms with Gasteiger partial charge < -0.3 is 24.4 Å². The predicted molar refractivity (Wildman–Crippen MR) is 102 cm³/mol. The molecule has 27 heavy (non-hydrogen) atoms. The number of amides is 2. The van der Waals surface area contributed by atoms with Crippen molar-refractivity contribution in [1.82, 2.24) is 10.2 Å². The average molecular weight is 376 g/mol. The summed E-state index contributed by atoms with van der Waals surface area (Å²) in [6.45, 7) is 6.17. The van der Waals surface area contributed by atoms with Gasteiger partial charge in [-0.2, -0.15) is 0 Å². The number of alkyl carbamates (subject to hydrolysis) is 1. The number of carbonyl (C=O) groups excluding carboxylic acids is 2. The molecule has 0 spiro atoms. The third-order valence-electron chi connectivity index (χ3n) is 4.02. The number of rotatable bonds is 5. The van der Waals surface area contributed by atoms with Gasteiger partial charge in [-0.25, -0.2) is 4.79 Å². The second-order valence-corrected chi connectivity index (χ2v) is 7.30. The van der Waals surface area contributed by atoms with Gasteiger partial charge in [0.1, 0.15) is 23.1 Å². The zero-order valence-electron chi connectivity index (χ0n) is 16.6. The third-order valence-corrected chi connectivity index (χ3v) is 4.02. The van der Waals surface area contributed by atoms with Crippen LogP contribution in [0.1, 0.15) is 32.8 Å². The molecule has 1 N–H and O–H groups in total. The van der Waals surface area contributed by atoms with Gasteiger partial charge in [0, 0.05) is 24.7 Å². The molecule has 0 radical (unpaired) electrons. The average Bonchev–Trinajstić information content (AvgIpc) is 2.76. The van der Waals surface area contributed by atoms with Crippen LogP contribution in [0.5, 0.6) is 11.5 Å². The van der Waals surface area contributed by atoms with Crippen LogP contribution in [-0.2, 0) is 16.1 Å². The highest BCUT2D eigenvalue weighted by molar-refractivity contribution is 5.86. The molecule has 0 saturated heterocycles. The fourth-order valence-electron chi connectivity index (χ4n) is 2.75. The summed E-state index contributed by atoms with van der Waals surface area (Å²) >= 11 is 0. The van der Waals surface area contributed by atoms with Gasteiger partial charge in [0.2, 0.25) is 5.91 Å². The summed E-state index contributed by atoms with van der Waals surface area (Å²) in [5.41, 5.74) is 0.238. The van der Waals surface area contributed by atoms with Crippen LogP contribution in [0, 0.1) is 0 Å². The maximum absolute atomic E-state index is 12.9. The highest BCUT2D eigenvalue weighted by Crippen LogP contribution is 2.26. The smallest absolute Gasteiger partial charge is 0.408 e. The van der Waals surface area contributed by atoms with Crippen LogP contribution >= 0.6 is 0 Å². The van der Waals surface area contributed by atoms with Crippen LogP contribution < -0.4 is 14.8 Å². The first kappa shape index (κ1) is 20.6. The lowest BCUT2D eigenvalue weighted by Crippen LogP contribution is -2.48. The number of carbonyl (C=O) groups is 2. The first-order valence-corrected chi connectivity index (χ1v) is 8.87. The Morgan fingerprint density at radius 2 is 1.96 bits per heavy atom. The largest absolute Gasteiger partial charge is 0.497 e. The summed E-state index contributed by atoms with van der Waals surface area (Å²) < 4.78 is 15.9. The molecule has 0 aliphatic carbocycles. The van der Waals surface area contributed by atoms with Crippen LogP contribution in [0.15, 0.2) is 30.4 Å². The molecular weight excluding hydrogens is 348 g/mol. The van der Waals surface area contributed by atoms with Crippen LogP contribution in [-0.4, -0.2) is 49.3 Å². The van der Waals surface area contributed by atoms with Crippen LogP contribution in [0.2, 0.25) is 0 Å². The quantitative estimate of drug-likeness (QED) is 0.800. The fraction of sp³-hybridized carbons (Fsp3) is 0.500. The minimum atomic E-state index is -0.664. The summed E-state index contributed by atoms with van der Waals surface area (Å²) in [6, 6.07) is 4.81. The Bertz CT molecular complexity index is 709. The first-order valence-electron chi connectivity index (χ1n) is 8.87. The number of hydrogen-bond acceptors (Lipinski definition) is 5. The molecule has 1 aliphatic rings. The van der Waals surface area contributed by atoms with E-state index in [0.29, 0.717) is 31.0 Å². The zero-order valence-corrected chi connectivity index (χ0v) is 16.6. The molecule has 7 nitrogen and oxygen atoms in total. The van der Waals surface area contributed by atoms with Crippen molar-refractivity contribution in [2.24, 2.45) is 0 Å². The van der Waals surface area contributed by atoms with E-state index in [1.807, 2.05) is 24.3 Å². The van der Waals surface area contributed by atoms with Gasteiger partial charge in [-0.3, -0.25) is 4.79 Å². The van der Waals surface area contributed by atoms with Crippen LogP contribution in [0.3, 0.4) is 0 Å². The van der Waals surface area contributed by atoms with E-state index in [1.54, 1.807) is 46.0 Å². The molecule has 2 rings (SSSR count). The molecule has 0 aromatic heterocycles. The Balaban J connectivity index is 2.12. The van der Waals surface area contributed by atoms with E-state index in [9.17, 15) is 9.59 Å². The normalized spacial score (nSPS) is 17.3. The van der Waals surface area contributed by atoms with E-state index in [0.717, 1.165) is 5.56 Å². The maximum atomic E-state index is 12.9. The summed E-state index contributed by atoms with van der Waals surface area (Å²) in [5, 5.41) is 2.67. The highest BCUT2D eigenvalue weighted by Gasteiger charge is 2.29. The molecule has 148 valence electrons. The second kappa shape index (κ2) is 8.79. The number of benzene rings is 1. The van der Waals surface area contributed by atoms with E-state index < -0.39 is 17.7 Å². The molecule has 1 aromatic carbocycles. The number of methoxy groups -OCH3 is 2. The van der Waals surface area contributed by atoms with Gasteiger partial charge in [-0.05, 0) is 39.3 Å². The van der Waals surface area contributed by atoms with Crippen LogP contribution in [0.25, 0.3) is 0 Å². The Hall–Kier alpha value is -2.70. The molecular formula is C20H28N2O5. The summed E-state index contributed by atoms with van der Waals surface area (Å²) in [5.74, 6) is 1.16. The van der Waals surface area contributed by atoms with Crippen molar-refractivity contribution in [3.63, 3.8) is 0 Å². The molecule has 0 fully saturated rings. The molecule has 1 aromatic rings. The SMILES string of the molecule is COc1ccc(CN2CC=CC[C@@H](NC(=O)OC(C)(C)C)C2=O)c(OC)c1. The number of ether oxygens (including phenoxy) is 3. The van der Waals surface area contributed by atoms with Crippen molar-refractivity contribution in [1.29, 1.82) is 0 Å². The lowest BCUT2D eigenvalue weighted by atomic mass is 10.1. The van der Waals surface area contributed by atoms with E-state index in [-0.39, 0.29) is 5.91 Å². The van der Waals surface area contributed by atoms with Crippen molar-refractivity contribution in [3.05, 3.63) is 35.9 Å². The van der Waals surface area contributed by atoms with Crippen molar-refractivity contribution in [3.8, 4) is 11.5 Å². The summed E-state index contributed by atoms with van der Waals surface area (Å²) in [6.07, 6.45) is 3.64. The monoisotopic (exact) mass is 376 g/mol. The van der Waals surface area contributed by atoms with Gasteiger partial charge in [0.25, 0.3) is 0 Å². The van der Waals surface area contributed by atoms with Gasteiger partial charge in [-0.1, -0.05) is 12.2 Å². The Kier molecular flexibility index (Phi) is 6.71. The molecule has 1 heterocycles. The molecule has 0 saturated carbocycles. The van der Waals surface area contributed by atoms with E-state index >= 15 is 0 Å². The molecule has 1 aliphatic heterocycles. The van der Waals surface area contributed by atoms with Crippen molar-refractivity contribution < 1.29 is 23.8 Å². The highest BCUT2D eigenvalue weighted by atomic mass is 16.6. The molecule has 0 bridgehead atoms. The third kappa shape index (κ3) is 5.91. The summed E-state index contributed by atoms with van der Waals surface area (Å²) in [4.78, 5) is 26.7. The molecule has 7 heteroatoms. The van der Waals surface area contributed by atoms with E-state index in [4.69, 9.17) is 14.2 Å². The Morgan fingerprint density at radius 3 is 2.59 bits per heavy atom. The van der Waals surface area contributed by atoms with E-state index in [1.165, 1.54) is 0 Å². The number of nitrogens with one attached hydrogen (secondary N) is 1. The minimum absolute atomic E-state index is 0.163. The maximum Gasteiger partial charge on any atom is 0.408 e. The van der Waals surface area contributed by atoms with Gasteiger partial charge in [-0.15, -0.1) is 0 Å². The Labute approximate surface area is 160 Å². The Morgan fingerprint density at radius 1 is 1.22 bits per heavy atom. The van der Waals surface area contributed by atoms with Crippen molar-refractivity contribution >= 4 is 12.0 Å². The topological polar surface area (TPSA) is 77.1 Å². The minimum Gasteiger partial charge on any atom is -0.497 e. The predicted octanol–water partition coefficient (Wildman–Crippen LogP) is 2.89.